The van der Waals surface area contributed by atoms with Gasteiger partial charge in [0.1, 0.15) is 6.04 Å². The molecule has 1 aliphatic heterocycles. The van der Waals surface area contributed by atoms with Gasteiger partial charge in [-0.15, -0.1) is 0 Å². The molecular formula is C35H27N3O6. The largest absolute Gasteiger partial charge is 0.292 e. The summed E-state index contributed by atoms with van der Waals surface area (Å²) >= 11 is 0. The minimum absolute atomic E-state index is 0.0138. The molecule has 3 aliphatic carbocycles. The van der Waals surface area contributed by atoms with Gasteiger partial charge in [0.25, 0.3) is 23.4 Å². The first-order chi connectivity index (χ1) is 21.3. The Morgan fingerprint density at radius 1 is 0.727 bits per heavy atom. The highest BCUT2D eigenvalue weighted by Crippen LogP contribution is 2.61. The van der Waals surface area contributed by atoms with Crippen LogP contribution < -0.4 is 0 Å². The fraction of sp³-hybridized carbons (Fsp3) is 0.200. The van der Waals surface area contributed by atoms with Crippen LogP contribution in [0.5, 0.6) is 0 Å². The summed E-state index contributed by atoms with van der Waals surface area (Å²) in [5.41, 5.74) is 4.08. The number of hydrogen-bond acceptors (Lipinski definition) is 6. The standard InChI is InChI=1S/C35H27N3O6/c1-2-27(32(39)20-10-4-3-5-11-20)36(33(40)21-16-18-22(19-17-21)38(43)44)37-34(41)30-28-23-12-6-7-13-24(23)29(31(30)35(37)42)26-15-9-8-14-25(26)28/h3-19,27-31H,2H2,1H3/t27-,28?,29?,30-,31+/m1/s1. The van der Waals surface area contributed by atoms with E-state index in [9.17, 15) is 29.3 Å². The van der Waals surface area contributed by atoms with Gasteiger partial charge < -0.3 is 0 Å². The third kappa shape index (κ3) is 3.92. The van der Waals surface area contributed by atoms with Crippen molar-refractivity contribution in [1.29, 1.82) is 0 Å². The zero-order valence-electron chi connectivity index (χ0n) is 23.7. The van der Waals surface area contributed by atoms with Crippen molar-refractivity contribution in [3.05, 3.63) is 147 Å². The number of Topliss-reactive ketones (excluding diaryl/α,β-unsaturated/α-hetero) is 1. The lowest BCUT2D eigenvalue weighted by Crippen LogP contribution is -2.57. The fourth-order valence-electron chi connectivity index (χ4n) is 7.37. The highest BCUT2D eigenvalue weighted by Gasteiger charge is 2.63. The monoisotopic (exact) mass is 585 g/mol. The van der Waals surface area contributed by atoms with Crippen molar-refractivity contribution in [3.8, 4) is 0 Å². The molecule has 1 saturated heterocycles. The van der Waals surface area contributed by atoms with E-state index in [-0.39, 0.29) is 29.5 Å². The van der Waals surface area contributed by atoms with Crippen LogP contribution in [0.4, 0.5) is 5.69 Å². The molecule has 3 amide bonds. The molecule has 2 bridgehead atoms. The molecule has 4 aromatic carbocycles. The molecule has 0 saturated carbocycles. The minimum atomic E-state index is -1.18. The van der Waals surface area contributed by atoms with Crippen LogP contribution in [0, 0.1) is 22.0 Å². The number of ketones is 1. The lowest BCUT2D eigenvalue weighted by atomic mass is 9.55. The van der Waals surface area contributed by atoms with Crippen LogP contribution in [0.1, 0.15) is 68.2 Å². The highest BCUT2D eigenvalue weighted by molar-refractivity contribution is 6.12. The number of nitrogens with zero attached hydrogens (tertiary/aromatic N) is 3. The van der Waals surface area contributed by atoms with Crippen LogP contribution in [0.25, 0.3) is 0 Å². The first-order valence-corrected chi connectivity index (χ1v) is 14.6. The molecule has 4 aromatic rings. The zero-order valence-corrected chi connectivity index (χ0v) is 23.7. The minimum Gasteiger partial charge on any atom is -0.292 e. The van der Waals surface area contributed by atoms with E-state index in [0.29, 0.717) is 5.56 Å². The van der Waals surface area contributed by atoms with Crippen molar-refractivity contribution < 1.29 is 24.1 Å². The number of nitro benzene ring substituents is 1. The summed E-state index contributed by atoms with van der Waals surface area (Å²) in [5.74, 6) is -4.54. The zero-order chi connectivity index (χ0) is 30.7. The maximum atomic E-state index is 14.6. The number of non-ortho nitro benzene ring substituents is 1. The predicted octanol–water partition coefficient (Wildman–Crippen LogP) is 5.51. The number of rotatable bonds is 7. The van der Waals surface area contributed by atoms with Crippen LogP contribution in [0.15, 0.2) is 103 Å². The normalized spacial score (nSPS) is 21.7. The Hall–Kier alpha value is -5.44. The van der Waals surface area contributed by atoms with E-state index in [1.165, 1.54) is 24.3 Å². The first kappa shape index (κ1) is 27.4. The molecular weight excluding hydrogens is 558 g/mol. The number of imide groups is 1. The van der Waals surface area contributed by atoms with E-state index in [0.717, 1.165) is 32.3 Å². The number of hydrazine groups is 1. The van der Waals surface area contributed by atoms with Crippen molar-refractivity contribution in [3.63, 3.8) is 0 Å². The van der Waals surface area contributed by atoms with Gasteiger partial charge >= 0.3 is 0 Å². The second kappa shape index (κ2) is 10.4. The van der Waals surface area contributed by atoms with Crippen molar-refractivity contribution in [2.45, 2.75) is 31.2 Å². The Morgan fingerprint density at radius 3 is 1.61 bits per heavy atom. The summed E-state index contributed by atoms with van der Waals surface area (Å²) in [4.78, 5) is 68.1. The Bertz CT molecular complexity index is 1740. The van der Waals surface area contributed by atoms with Crippen LogP contribution in [-0.4, -0.2) is 44.5 Å². The van der Waals surface area contributed by atoms with Crippen molar-refractivity contribution in [2.75, 3.05) is 0 Å². The molecule has 1 fully saturated rings. The first-order valence-electron chi connectivity index (χ1n) is 14.6. The van der Waals surface area contributed by atoms with Crippen LogP contribution in [0.3, 0.4) is 0 Å². The maximum Gasteiger partial charge on any atom is 0.273 e. The van der Waals surface area contributed by atoms with Gasteiger partial charge in [-0.25, -0.2) is 5.01 Å². The Kier molecular flexibility index (Phi) is 6.46. The quantitative estimate of drug-likeness (QED) is 0.122. The van der Waals surface area contributed by atoms with Crippen molar-refractivity contribution in [2.24, 2.45) is 11.8 Å². The molecule has 9 nitrogen and oxygen atoms in total. The number of nitro groups is 1. The highest BCUT2D eigenvalue weighted by atomic mass is 16.6. The lowest BCUT2D eigenvalue weighted by molar-refractivity contribution is -0.384. The average Bonchev–Trinajstić information content (AvgIpc) is 3.32. The van der Waals surface area contributed by atoms with E-state index in [2.05, 4.69) is 0 Å². The molecule has 0 N–H and O–H groups in total. The lowest BCUT2D eigenvalue weighted by Gasteiger charge is -2.45. The molecule has 3 atom stereocenters. The summed E-state index contributed by atoms with van der Waals surface area (Å²) in [6.07, 6.45) is 0.117. The Morgan fingerprint density at radius 2 is 1.18 bits per heavy atom. The second-order valence-electron chi connectivity index (χ2n) is 11.4. The smallest absolute Gasteiger partial charge is 0.273 e. The van der Waals surface area contributed by atoms with Crippen molar-refractivity contribution >= 4 is 29.2 Å². The van der Waals surface area contributed by atoms with Crippen LogP contribution >= 0.6 is 0 Å². The van der Waals surface area contributed by atoms with Crippen molar-refractivity contribution in [1.82, 2.24) is 10.0 Å². The molecule has 9 heteroatoms. The third-order valence-electron chi connectivity index (χ3n) is 9.22. The summed E-state index contributed by atoms with van der Waals surface area (Å²) in [5, 5.41) is 13.2. The molecule has 0 unspecified atom stereocenters. The fourth-order valence-corrected chi connectivity index (χ4v) is 7.37. The van der Waals surface area contributed by atoms with Gasteiger partial charge in [-0.1, -0.05) is 85.8 Å². The molecule has 44 heavy (non-hydrogen) atoms. The molecule has 0 spiro atoms. The second-order valence-corrected chi connectivity index (χ2v) is 11.4. The van der Waals surface area contributed by atoms with Gasteiger partial charge in [-0.3, -0.25) is 29.3 Å². The number of amides is 3. The molecule has 4 aliphatic rings. The SMILES string of the molecule is CC[C@H](C(=O)c1ccccc1)N(C(=O)c1ccc([N+](=O)[O-])cc1)N1C(=O)[C@@H]2C3c4ccccc4C(c4ccccc43)[C@@H]2C1=O. The number of carbonyl (C=O) groups is 4. The summed E-state index contributed by atoms with van der Waals surface area (Å²) in [7, 11) is 0. The predicted molar refractivity (Wildman–Crippen MR) is 160 cm³/mol. The third-order valence-corrected chi connectivity index (χ3v) is 9.22. The Labute approximate surface area is 252 Å². The number of carbonyl (C=O) groups excluding carboxylic acids is 4. The molecule has 0 radical (unpaired) electrons. The molecule has 0 aromatic heterocycles. The van der Waals surface area contributed by atoms with E-state index >= 15 is 0 Å². The van der Waals surface area contributed by atoms with E-state index in [4.69, 9.17) is 0 Å². The van der Waals surface area contributed by atoms with Gasteiger partial charge in [-0.05, 0) is 40.8 Å². The van der Waals surface area contributed by atoms with Gasteiger partial charge in [0, 0.05) is 35.1 Å². The van der Waals surface area contributed by atoms with E-state index in [1.807, 2.05) is 48.5 Å². The maximum absolute atomic E-state index is 14.6. The van der Waals surface area contributed by atoms with Gasteiger partial charge in [-0.2, -0.15) is 5.01 Å². The summed E-state index contributed by atoms with van der Waals surface area (Å²) < 4.78 is 0. The topological polar surface area (TPSA) is 118 Å². The number of hydrogen-bond donors (Lipinski definition) is 0. The van der Waals surface area contributed by atoms with E-state index in [1.54, 1.807) is 37.3 Å². The molecule has 218 valence electrons. The summed E-state index contributed by atoms with van der Waals surface area (Å²) in [6.45, 7) is 1.72. The Balaban J connectivity index is 1.37. The van der Waals surface area contributed by atoms with E-state index < -0.39 is 46.3 Å². The average molecular weight is 586 g/mol. The molecule has 1 heterocycles. The summed E-state index contributed by atoms with van der Waals surface area (Å²) in [6, 6.07) is 27.8. The van der Waals surface area contributed by atoms with Gasteiger partial charge in [0.2, 0.25) is 0 Å². The molecule has 8 rings (SSSR count). The van der Waals surface area contributed by atoms with Crippen LogP contribution in [0.2, 0.25) is 0 Å². The van der Waals surface area contributed by atoms with Gasteiger partial charge in [0.15, 0.2) is 5.78 Å². The number of benzene rings is 4. The van der Waals surface area contributed by atoms with Crippen LogP contribution in [-0.2, 0) is 9.59 Å². The van der Waals surface area contributed by atoms with Gasteiger partial charge in [0.05, 0.1) is 16.8 Å².